The van der Waals surface area contributed by atoms with Crippen molar-refractivity contribution >= 4 is 21.8 Å². The molecule has 7 nitrogen and oxygen atoms in total. The van der Waals surface area contributed by atoms with E-state index in [1.165, 1.54) is 0 Å². The molecule has 8 heteroatoms. The molecule has 1 heterocycles. The standard InChI is InChI=1S/C13H24N2O5S/c1-10-6-4-3-5-8-15(10)13(18)14-11(12(16)17)7-9-21(2,19)20/h10-11H,3-9H2,1-2H3,(H,14,18)(H,16,17). The molecule has 1 aliphatic rings. The van der Waals surface area contributed by atoms with Gasteiger partial charge in [0.1, 0.15) is 15.9 Å². The highest BCUT2D eigenvalue weighted by atomic mass is 32.2. The predicted octanol–water partition coefficient (Wildman–Crippen LogP) is 0.848. The van der Waals surface area contributed by atoms with E-state index in [0.29, 0.717) is 6.54 Å². The van der Waals surface area contributed by atoms with Gasteiger partial charge in [-0.15, -0.1) is 0 Å². The first-order valence-electron chi connectivity index (χ1n) is 7.18. The number of nitrogens with zero attached hydrogens (tertiary/aromatic N) is 1. The molecule has 1 fully saturated rings. The number of urea groups is 1. The van der Waals surface area contributed by atoms with E-state index in [9.17, 15) is 18.0 Å². The van der Waals surface area contributed by atoms with E-state index in [4.69, 9.17) is 5.11 Å². The number of aliphatic carboxylic acids is 1. The van der Waals surface area contributed by atoms with Gasteiger partial charge in [-0.05, 0) is 26.2 Å². The van der Waals surface area contributed by atoms with Crippen molar-refractivity contribution in [3.05, 3.63) is 0 Å². The van der Waals surface area contributed by atoms with Gasteiger partial charge in [0.05, 0.1) is 5.75 Å². The molecule has 21 heavy (non-hydrogen) atoms. The predicted molar refractivity (Wildman–Crippen MR) is 78.9 cm³/mol. The number of carbonyl (C=O) groups excluding carboxylic acids is 1. The number of sulfone groups is 1. The van der Waals surface area contributed by atoms with Crippen molar-refractivity contribution in [1.29, 1.82) is 0 Å². The van der Waals surface area contributed by atoms with E-state index in [0.717, 1.165) is 31.9 Å². The number of carboxylic acids is 1. The fourth-order valence-electron chi connectivity index (χ4n) is 2.40. The van der Waals surface area contributed by atoms with Crippen LogP contribution in [0.3, 0.4) is 0 Å². The second-order valence-electron chi connectivity index (χ2n) is 5.65. The molecule has 1 saturated heterocycles. The number of hydrogen-bond acceptors (Lipinski definition) is 4. The van der Waals surface area contributed by atoms with Gasteiger partial charge >= 0.3 is 12.0 Å². The van der Waals surface area contributed by atoms with Gasteiger partial charge < -0.3 is 15.3 Å². The van der Waals surface area contributed by atoms with Crippen molar-refractivity contribution in [3.8, 4) is 0 Å². The molecule has 2 atom stereocenters. The first-order chi connectivity index (χ1) is 9.70. The molecular weight excluding hydrogens is 296 g/mol. The molecule has 2 unspecified atom stereocenters. The van der Waals surface area contributed by atoms with Gasteiger partial charge in [0.2, 0.25) is 0 Å². The van der Waals surface area contributed by atoms with Crippen LogP contribution in [0, 0.1) is 0 Å². The topological polar surface area (TPSA) is 104 Å². The number of carboxylic acid groups (broad SMARTS) is 1. The Morgan fingerprint density at radius 3 is 2.57 bits per heavy atom. The molecule has 1 aliphatic heterocycles. The Morgan fingerprint density at radius 1 is 1.33 bits per heavy atom. The van der Waals surface area contributed by atoms with E-state index in [2.05, 4.69) is 5.32 Å². The lowest BCUT2D eigenvalue weighted by atomic mass is 10.1. The van der Waals surface area contributed by atoms with Crippen molar-refractivity contribution in [1.82, 2.24) is 10.2 Å². The van der Waals surface area contributed by atoms with Crippen LogP contribution in [-0.4, -0.2) is 61.1 Å². The van der Waals surface area contributed by atoms with E-state index in [1.807, 2.05) is 6.92 Å². The summed E-state index contributed by atoms with van der Waals surface area (Å²) >= 11 is 0. The van der Waals surface area contributed by atoms with Gasteiger partial charge in [-0.1, -0.05) is 12.8 Å². The second-order valence-corrected chi connectivity index (χ2v) is 7.91. The fraction of sp³-hybridized carbons (Fsp3) is 0.846. The van der Waals surface area contributed by atoms with E-state index >= 15 is 0 Å². The molecule has 0 radical (unpaired) electrons. The zero-order valence-corrected chi connectivity index (χ0v) is 13.4. The SMILES string of the molecule is CC1CCCCCN1C(=O)NC(CCS(C)(=O)=O)C(=O)O. The van der Waals surface area contributed by atoms with Crippen LogP contribution in [0.2, 0.25) is 0 Å². The van der Waals surface area contributed by atoms with Gasteiger partial charge in [-0.25, -0.2) is 18.0 Å². The molecule has 0 aromatic heterocycles. The Bertz CT molecular complexity index is 477. The number of hydrogen-bond donors (Lipinski definition) is 2. The molecule has 0 spiro atoms. The molecule has 2 amide bonds. The summed E-state index contributed by atoms with van der Waals surface area (Å²) in [7, 11) is -3.26. The Hall–Kier alpha value is -1.31. The first kappa shape index (κ1) is 17.7. The lowest BCUT2D eigenvalue weighted by Crippen LogP contribution is -2.51. The molecule has 0 saturated carbocycles. The Morgan fingerprint density at radius 2 is 2.00 bits per heavy atom. The second kappa shape index (κ2) is 7.63. The average molecular weight is 320 g/mol. The monoisotopic (exact) mass is 320 g/mol. The maximum atomic E-state index is 12.2. The minimum atomic E-state index is -3.26. The van der Waals surface area contributed by atoms with Crippen molar-refractivity contribution in [2.75, 3.05) is 18.6 Å². The lowest BCUT2D eigenvalue weighted by Gasteiger charge is -2.28. The molecular formula is C13H24N2O5S. The van der Waals surface area contributed by atoms with Gasteiger partial charge in [-0.2, -0.15) is 0 Å². The number of amides is 2. The maximum Gasteiger partial charge on any atom is 0.326 e. The van der Waals surface area contributed by atoms with Crippen molar-refractivity contribution < 1.29 is 23.1 Å². The van der Waals surface area contributed by atoms with Crippen LogP contribution in [0.1, 0.15) is 39.0 Å². The zero-order chi connectivity index (χ0) is 16.0. The Kier molecular flexibility index (Phi) is 6.44. The Balaban J connectivity index is 2.64. The summed E-state index contributed by atoms with van der Waals surface area (Å²) < 4.78 is 22.3. The molecule has 0 aliphatic carbocycles. The Labute approximate surface area is 125 Å². The van der Waals surface area contributed by atoms with Crippen LogP contribution in [0.5, 0.6) is 0 Å². The third-order valence-corrected chi connectivity index (χ3v) is 4.66. The molecule has 122 valence electrons. The van der Waals surface area contributed by atoms with Crippen LogP contribution in [-0.2, 0) is 14.6 Å². The molecule has 0 bridgehead atoms. The molecule has 0 aromatic carbocycles. The summed E-state index contributed by atoms with van der Waals surface area (Å²) in [4.78, 5) is 25.0. The molecule has 2 N–H and O–H groups in total. The first-order valence-corrected chi connectivity index (χ1v) is 9.24. The molecule has 1 rings (SSSR count). The van der Waals surface area contributed by atoms with Crippen molar-refractivity contribution in [2.24, 2.45) is 0 Å². The van der Waals surface area contributed by atoms with Crippen LogP contribution in [0.15, 0.2) is 0 Å². The highest BCUT2D eigenvalue weighted by Gasteiger charge is 2.27. The summed E-state index contributed by atoms with van der Waals surface area (Å²) in [5.74, 6) is -1.48. The smallest absolute Gasteiger partial charge is 0.326 e. The molecule has 0 aromatic rings. The summed E-state index contributed by atoms with van der Waals surface area (Å²) in [6.45, 7) is 2.54. The number of carbonyl (C=O) groups is 2. The minimum absolute atomic E-state index is 0.0665. The van der Waals surface area contributed by atoms with E-state index < -0.39 is 27.9 Å². The van der Waals surface area contributed by atoms with Crippen LogP contribution < -0.4 is 5.32 Å². The third-order valence-electron chi connectivity index (χ3n) is 3.69. The number of nitrogens with one attached hydrogen (secondary N) is 1. The van der Waals surface area contributed by atoms with Gasteiger partial charge in [0, 0.05) is 18.8 Å². The third kappa shape index (κ3) is 6.33. The summed E-state index contributed by atoms with van der Waals surface area (Å²) in [5, 5.41) is 11.6. The highest BCUT2D eigenvalue weighted by molar-refractivity contribution is 7.90. The van der Waals surface area contributed by atoms with Crippen molar-refractivity contribution in [3.63, 3.8) is 0 Å². The van der Waals surface area contributed by atoms with Crippen LogP contribution in [0.4, 0.5) is 4.79 Å². The van der Waals surface area contributed by atoms with E-state index in [-0.39, 0.29) is 18.2 Å². The fourth-order valence-corrected chi connectivity index (χ4v) is 3.06. The maximum absolute atomic E-state index is 12.2. The number of rotatable bonds is 5. The largest absolute Gasteiger partial charge is 0.480 e. The van der Waals surface area contributed by atoms with Gasteiger partial charge in [-0.3, -0.25) is 0 Å². The average Bonchev–Trinajstić information content (AvgIpc) is 2.57. The summed E-state index contributed by atoms with van der Waals surface area (Å²) in [6, 6.07) is -1.54. The van der Waals surface area contributed by atoms with Gasteiger partial charge in [0.15, 0.2) is 0 Å². The minimum Gasteiger partial charge on any atom is -0.480 e. The van der Waals surface area contributed by atoms with E-state index in [1.54, 1.807) is 4.90 Å². The summed E-state index contributed by atoms with van der Waals surface area (Å²) in [6.07, 6.45) is 4.84. The highest BCUT2D eigenvalue weighted by Crippen LogP contribution is 2.16. The zero-order valence-electron chi connectivity index (χ0n) is 12.5. The normalized spacial score (nSPS) is 21.4. The van der Waals surface area contributed by atoms with Crippen LogP contribution >= 0.6 is 0 Å². The van der Waals surface area contributed by atoms with Crippen LogP contribution in [0.25, 0.3) is 0 Å². The lowest BCUT2D eigenvalue weighted by molar-refractivity contribution is -0.139. The summed E-state index contributed by atoms with van der Waals surface area (Å²) in [5.41, 5.74) is 0. The quantitative estimate of drug-likeness (QED) is 0.781. The van der Waals surface area contributed by atoms with Gasteiger partial charge in [0.25, 0.3) is 0 Å². The van der Waals surface area contributed by atoms with Crippen molar-refractivity contribution in [2.45, 2.75) is 51.1 Å². The number of likely N-dealkylation sites (tertiary alicyclic amines) is 1.